The van der Waals surface area contributed by atoms with E-state index in [1.807, 2.05) is 55.5 Å². The van der Waals surface area contributed by atoms with Crippen LogP contribution in [0.25, 0.3) is 10.9 Å². The van der Waals surface area contributed by atoms with Gasteiger partial charge in [0.05, 0.1) is 17.0 Å². The smallest absolute Gasteiger partial charge is 0.251 e. The molecule has 4 aromatic rings. The molecule has 1 aliphatic rings. The molecule has 36 heavy (non-hydrogen) atoms. The number of amides is 1. The quantitative estimate of drug-likeness (QED) is 0.353. The maximum Gasteiger partial charge on any atom is 0.251 e. The lowest BCUT2D eigenvalue weighted by molar-refractivity contribution is 0.0956. The summed E-state index contributed by atoms with van der Waals surface area (Å²) in [5.74, 6) is -0.123. The number of aromatic nitrogens is 1. The molecule has 1 fully saturated rings. The van der Waals surface area contributed by atoms with Crippen molar-refractivity contribution < 1.29 is 9.90 Å². The predicted octanol–water partition coefficient (Wildman–Crippen LogP) is 4.54. The molecule has 1 aromatic heterocycles. The number of aromatic hydroxyl groups is 1. The fraction of sp³-hybridized carbons (Fsp3) is 0.241. The summed E-state index contributed by atoms with van der Waals surface area (Å²) in [7, 11) is 2.15. The van der Waals surface area contributed by atoms with Gasteiger partial charge in [-0.2, -0.15) is 0 Å². The topological polar surface area (TPSA) is 84.0 Å². The molecule has 7 nitrogen and oxygen atoms in total. The lowest BCUT2D eigenvalue weighted by Crippen LogP contribution is -2.44. The summed E-state index contributed by atoms with van der Waals surface area (Å²) in [4.78, 5) is 25.1. The molecule has 0 atom stereocenters. The van der Waals surface area contributed by atoms with Crippen LogP contribution in [0.3, 0.4) is 0 Å². The highest BCUT2D eigenvalue weighted by Crippen LogP contribution is 2.32. The normalized spacial score (nSPS) is 14.8. The lowest BCUT2D eigenvalue weighted by atomic mass is 10.00. The minimum atomic E-state index is -0.146. The van der Waals surface area contributed by atoms with Crippen molar-refractivity contribution in [3.05, 3.63) is 89.5 Å². The second-order valence-corrected chi connectivity index (χ2v) is 9.10. The second kappa shape index (κ2) is 10.3. The summed E-state index contributed by atoms with van der Waals surface area (Å²) in [6, 6.07) is 23.5. The van der Waals surface area contributed by atoms with Gasteiger partial charge in [-0.05, 0) is 50.4 Å². The zero-order valence-electron chi connectivity index (χ0n) is 20.7. The highest BCUT2D eigenvalue weighted by molar-refractivity contribution is 6.22. The summed E-state index contributed by atoms with van der Waals surface area (Å²) in [6.07, 6.45) is 0. The van der Waals surface area contributed by atoms with Crippen LogP contribution >= 0.6 is 0 Å². The van der Waals surface area contributed by atoms with Crippen LogP contribution in [0.15, 0.2) is 77.8 Å². The molecular formula is C29H31N5O2. The Morgan fingerprint density at radius 3 is 2.39 bits per heavy atom. The molecule has 3 N–H and O–H groups in total. The number of carbonyl (C=O) groups is 1. The monoisotopic (exact) mass is 481 g/mol. The Hall–Kier alpha value is -4.10. The van der Waals surface area contributed by atoms with Crippen LogP contribution in [0.1, 0.15) is 28.4 Å². The summed E-state index contributed by atoms with van der Waals surface area (Å²) >= 11 is 0. The first-order valence-electron chi connectivity index (χ1n) is 12.3. The van der Waals surface area contributed by atoms with Crippen LogP contribution in [0, 0.1) is 0 Å². The number of hydrogen-bond acceptors (Lipinski definition) is 5. The fourth-order valence-corrected chi connectivity index (χ4v) is 4.62. The first kappa shape index (κ1) is 23.6. The molecule has 0 saturated carbocycles. The van der Waals surface area contributed by atoms with Crippen LogP contribution in [-0.4, -0.2) is 66.4 Å². The molecule has 1 aliphatic heterocycles. The molecule has 0 bridgehead atoms. The molecule has 0 spiro atoms. The average Bonchev–Trinajstić information content (AvgIpc) is 3.23. The van der Waals surface area contributed by atoms with Crippen molar-refractivity contribution in [2.24, 2.45) is 4.99 Å². The lowest BCUT2D eigenvalue weighted by Gasteiger charge is -2.34. The van der Waals surface area contributed by atoms with Gasteiger partial charge in [0.25, 0.3) is 5.91 Å². The number of rotatable bonds is 6. The van der Waals surface area contributed by atoms with Crippen LogP contribution in [-0.2, 0) is 0 Å². The van der Waals surface area contributed by atoms with Crippen molar-refractivity contribution in [1.29, 1.82) is 0 Å². The maximum atomic E-state index is 12.3. The van der Waals surface area contributed by atoms with Crippen molar-refractivity contribution in [3.8, 4) is 5.88 Å². The van der Waals surface area contributed by atoms with E-state index in [4.69, 9.17) is 4.99 Å². The Labute approximate surface area is 211 Å². The largest absolute Gasteiger partial charge is 0.494 e. The van der Waals surface area contributed by atoms with Gasteiger partial charge < -0.3 is 25.2 Å². The van der Waals surface area contributed by atoms with Crippen molar-refractivity contribution in [2.45, 2.75) is 6.92 Å². The van der Waals surface area contributed by atoms with Crippen LogP contribution in [0.2, 0.25) is 0 Å². The van der Waals surface area contributed by atoms with Crippen LogP contribution < -0.4 is 10.2 Å². The van der Waals surface area contributed by atoms with E-state index in [1.54, 1.807) is 12.1 Å². The molecule has 0 radical (unpaired) electrons. The van der Waals surface area contributed by atoms with Gasteiger partial charge in [0, 0.05) is 60.4 Å². The number of benzene rings is 3. The third-order valence-corrected chi connectivity index (χ3v) is 6.62. The molecule has 0 aliphatic carbocycles. The number of anilines is 1. The zero-order valence-corrected chi connectivity index (χ0v) is 20.7. The number of likely N-dealkylation sites (N-methyl/N-ethyl adjacent to an activating group) is 1. The molecule has 3 aromatic carbocycles. The third-order valence-electron chi connectivity index (χ3n) is 6.62. The van der Waals surface area contributed by atoms with E-state index in [9.17, 15) is 9.90 Å². The molecule has 1 amide bonds. The number of aromatic amines is 1. The molecule has 7 heteroatoms. The van der Waals surface area contributed by atoms with Gasteiger partial charge in [-0.3, -0.25) is 4.79 Å². The Morgan fingerprint density at radius 1 is 0.972 bits per heavy atom. The van der Waals surface area contributed by atoms with E-state index < -0.39 is 0 Å². The van der Waals surface area contributed by atoms with Crippen molar-refractivity contribution in [2.75, 3.05) is 44.7 Å². The summed E-state index contributed by atoms with van der Waals surface area (Å²) in [6.45, 7) is 6.57. The Kier molecular flexibility index (Phi) is 6.73. The minimum Gasteiger partial charge on any atom is -0.494 e. The van der Waals surface area contributed by atoms with E-state index >= 15 is 0 Å². The van der Waals surface area contributed by atoms with Gasteiger partial charge in [-0.15, -0.1) is 0 Å². The standard InChI is InChI=1S/C29H31N5O2/c1-3-30-28(35)21-9-14-24-25(19-21)32-29(36)26(24)27(20-7-5-4-6-8-20)31-22-10-12-23(13-11-22)34-17-15-33(2)16-18-34/h4-14,19,32,36H,3,15-18H2,1-2H3,(H,30,35). The van der Waals surface area contributed by atoms with Gasteiger partial charge in [-0.25, -0.2) is 4.99 Å². The number of piperazine rings is 1. The number of hydrogen-bond donors (Lipinski definition) is 3. The number of aliphatic imine (C=N–C) groups is 1. The maximum absolute atomic E-state index is 12.3. The van der Waals surface area contributed by atoms with E-state index in [2.05, 4.69) is 39.3 Å². The highest BCUT2D eigenvalue weighted by Gasteiger charge is 2.20. The van der Waals surface area contributed by atoms with Crippen molar-refractivity contribution in [1.82, 2.24) is 15.2 Å². The van der Waals surface area contributed by atoms with E-state index in [-0.39, 0.29) is 11.8 Å². The first-order valence-corrected chi connectivity index (χ1v) is 12.3. The van der Waals surface area contributed by atoms with Gasteiger partial charge in [-0.1, -0.05) is 36.4 Å². The highest BCUT2D eigenvalue weighted by atomic mass is 16.3. The fourth-order valence-electron chi connectivity index (χ4n) is 4.62. The first-order chi connectivity index (χ1) is 17.5. The number of fused-ring (bicyclic) bond motifs is 1. The van der Waals surface area contributed by atoms with Gasteiger partial charge in [0.2, 0.25) is 0 Å². The van der Waals surface area contributed by atoms with Crippen LogP contribution in [0.4, 0.5) is 11.4 Å². The number of nitrogens with zero attached hydrogens (tertiary/aromatic N) is 3. The number of carbonyl (C=O) groups excluding carboxylic acids is 1. The molecule has 1 saturated heterocycles. The Bertz CT molecular complexity index is 1380. The third kappa shape index (κ3) is 4.83. The van der Waals surface area contributed by atoms with Gasteiger partial charge >= 0.3 is 0 Å². The zero-order chi connectivity index (χ0) is 25.1. The Balaban J connectivity index is 1.54. The molecule has 2 heterocycles. The molecule has 0 unspecified atom stereocenters. The summed E-state index contributed by atoms with van der Waals surface area (Å²) in [5.41, 5.74) is 5.38. The minimum absolute atomic E-state index is 0.0229. The number of H-pyrrole nitrogens is 1. The van der Waals surface area contributed by atoms with Gasteiger partial charge in [0.15, 0.2) is 5.88 Å². The molecular weight excluding hydrogens is 450 g/mol. The molecule has 5 rings (SSSR count). The summed E-state index contributed by atoms with van der Waals surface area (Å²) in [5, 5.41) is 14.6. The van der Waals surface area contributed by atoms with E-state index in [0.717, 1.165) is 42.8 Å². The predicted molar refractivity (Wildman–Crippen MR) is 146 cm³/mol. The van der Waals surface area contributed by atoms with Crippen LogP contribution in [0.5, 0.6) is 5.88 Å². The van der Waals surface area contributed by atoms with Gasteiger partial charge in [0.1, 0.15) is 0 Å². The Morgan fingerprint density at radius 2 is 1.69 bits per heavy atom. The SMILES string of the molecule is CCNC(=O)c1ccc2c(C(=Nc3ccc(N4CCN(C)CC4)cc3)c3ccccc3)c(O)[nH]c2c1. The average molecular weight is 482 g/mol. The summed E-state index contributed by atoms with van der Waals surface area (Å²) < 4.78 is 0. The van der Waals surface area contributed by atoms with E-state index in [1.165, 1.54) is 5.69 Å². The van der Waals surface area contributed by atoms with Crippen molar-refractivity contribution in [3.63, 3.8) is 0 Å². The number of nitrogens with one attached hydrogen (secondary N) is 2. The van der Waals surface area contributed by atoms with E-state index in [0.29, 0.717) is 28.9 Å². The second-order valence-electron chi connectivity index (χ2n) is 9.10. The van der Waals surface area contributed by atoms with Crippen molar-refractivity contribution >= 4 is 33.9 Å². The molecule has 184 valence electrons.